The van der Waals surface area contributed by atoms with Gasteiger partial charge in [-0.1, -0.05) is 27.9 Å². The summed E-state index contributed by atoms with van der Waals surface area (Å²) in [5, 5.41) is 12.4. The molecule has 1 atom stereocenters. The van der Waals surface area contributed by atoms with E-state index in [1.165, 1.54) is 0 Å². The van der Waals surface area contributed by atoms with E-state index >= 15 is 0 Å². The number of benzene rings is 1. The molecule has 0 saturated carbocycles. The molecule has 86 valence electrons. The number of hydrogen-bond acceptors (Lipinski definition) is 3. The summed E-state index contributed by atoms with van der Waals surface area (Å²) in [6, 6.07) is 7.48. The van der Waals surface area contributed by atoms with Gasteiger partial charge in [-0.25, -0.2) is 0 Å². The molecule has 4 heteroatoms. The van der Waals surface area contributed by atoms with E-state index in [-0.39, 0.29) is 6.61 Å². The third-order valence-corrected chi connectivity index (χ3v) is 2.34. The lowest BCUT2D eigenvalue weighted by atomic mass is 10.3. The smallest absolute Gasteiger partial charge is 0.120 e. The molecular weight excluding hydrogens is 270 g/mol. The summed E-state index contributed by atoms with van der Waals surface area (Å²) in [5.74, 6) is 3.16. The molecule has 0 aliphatic heterocycles. The molecule has 1 aromatic rings. The maximum Gasteiger partial charge on any atom is 0.120 e. The highest BCUT2D eigenvalue weighted by Gasteiger charge is 2.04. The van der Waals surface area contributed by atoms with Crippen LogP contribution in [-0.2, 0) is 0 Å². The molecule has 1 rings (SSSR count). The second kappa shape index (κ2) is 7.29. The van der Waals surface area contributed by atoms with Crippen molar-refractivity contribution in [3.05, 3.63) is 28.7 Å². The predicted molar refractivity (Wildman–Crippen MR) is 67.3 cm³/mol. The Balaban J connectivity index is 2.26. The van der Waals surface area contributed by atoms with E-state index in [2.05, 4.69) is 27.2 Å². The van der Waals surface area contributed by atoms with Gasteiger partial charge in [-0.05, 0) is 18.2 Å². The van der Waals surface area contributed by atoms with Crippen molar-refractivity contribution in [1.29, 1.82) is 0 Å². The Morgan fingerprint density at radius 2 is 2.38 bits per heavy atom. The van der Waals surface area contributed by atoms with Crippen molar-refractivity contribution < 1.29 is 9.84 Å². The maximum absolute atomic E-state index is 9.54. The third-order valence-electron chi connectivity index (χ3n) is 1.85. The highest BCUT2D eigenvalue weighted by Crippen LogP contribution is 2.17. The van der Waals surface area contributed by atoms with Crippen molar-refractivity contribution in [3.63, 3.8) is 0 Å². The van der Waals surface area contributed by atoms with Crippen molar-refractivity contribution >= 4 is 15.9 Å². The number of ether oxygens (including phenoxy) is 1. The molecule has 0 spiro atoms. The predicted octanol–water partition coefficient (Wildman–Crippen LogP) is 1.41. The van der Waals surface area contributed by atoms with Crippen LogP contribution in [0.2, 0.25) is 0 Å². The molecule has 0 aromatic heterocycles. The van der Waals surface area contributed by atoms with Crippen LogP contribution in [0.1, 0.15) is 0 Å². The minimum absolute atomic E-state index is 0.244. The van der Waals surface area contributed by atoms with Gasteiger partial charge < -0.3 is 15.2 Å². The van der Waals surface area contributed by atoms with Crippen molar-refractivity contribution in [2.24, 2.45) is 0 Å². The van der Waals surface area contributed by atoms with Crippen LogP contribution in [0.15, 0.2) is 28.7 Å². The third kappa shape index (κ3) is 5.17. The number of terminal acetylenes is 1. The average Bonchev–Trinajstić information content (AvgIpc) is 2.27. The molecular formula is C12H14BrNO2. The SMILES string of the molecule is C#CCNCC(O)COc1cccc(Br)c1. The molecule has 2 N–H and O–H groups in total. The van der Waals surface area contributed by atoms with E-state index in [0.29, 0.717) is 13.1 Å². The Kier molecular flexibility index (Phi) is 5.94. The summed E-state index contributed by atoms with van der Waals surface area (Å²) in [7, 11) is 0. The van der Waals surface area contributed by atoms with Crippen LogP contribution in [0.3, 0.4) is 0 Å². The van der Waals surface area contributed by atoms with Crippen LogP contribution in [0.25, 0.3) is 0 Å². The van der Waals surface area contributed by atoms with Crippen LogP contribution >= 0.6 is 15.9 Å². The van der Waals surface area contributed by atoms with Crippen LogP contribution in [-0.4, -0.2) is 30.9 Å². The number of halogens is 1. The Hall–Kier alpha value is -1.02. The van der Waals surface area contributed by atoms with Crippen LogP contribution in [0.5, 0.6) is 5.75 Å². The van der Waals surface area contributed by atoms with Crippen molar-refractivity contribution in [1.82, 2.24) is 5.32 Å². The van der Waals surface area contributed by atoms with E-state index in [0.717, 1.165) is 10.2 Å². The number of nitrogens with one attached hydrogen (secondary N) is 1. The maximum atomic E-state index is 9.54. The Bertz CT molecular complexity index is 362. The largest absolute Gasteiger partial charge is 0.491 e. The molecule has 1 aromatic carbocycles. The fourth-order valence-electron chi connectivity index (χ4n) is 1.12. The highest BCUT2D eigenvalue weighted by atomic mass is 79.9. The topological polar surface area (TPSA) is 41.5 Å². The van der Waals surface area contributed by atoms with Gasteiger partial charge in [-0.15, -0.1) is 6.42 Å². The van der Waals surface area contributed by atoms with E-state index in [9.17, 15) is 5.11 Å². The minimum Gasteiger partial charge on any atom is -0.491 e. The first kappa shape index (κ1) is 13.0. The molecule has 0 heterocycles. The van der Waals surface area contributed by atoms with E-state index < -0.39 is 6.10 Å². The zero-order chi connectivity index (χ0) is 11.8. The van der Waals surface area contributed by atoms with Crippen LogP contribution < -0.4 is 10.1 Å². The lowest BCUT2D eigenvalue weighted by Gasteiger charge is -2.12. The van der Waals surface area contributed by atoms with E-state index in [1.54, 1.807) is 0 Å². The van der Waals surface area contributed by atoms with Crippen LogP contribution in [0, 0.1) is 12.3 Å². The molecule has 0 radical (unpaired) electrons. The number of aliphatic hydroxyl groups is 1. The van der Waals surface area contributed by atoms with Crippen molar-refractivity contribution in [3.8, 4) is 18.1 Å². The Morgan fingerprint density at radius 1 is 1.56 bits per heavy atom. The number of rotatable bonds is 6. The molecule has 0 amide bonds. The summed E-state index contributed by atoms with van der Waals surface area (Å²) in [6.07, 6.45) is 4.50. The fourth-order valence-corrected chi connectivity index (χ4v) is 1.50. The lowest BCUT2D eigenvalue weighted by molar-refractivity contribution is 0.107. The standard InChI is InChI=1S/C12H14BrNO2/c1-2-6-14-8-11(15)9-16-12-5-3-4-10(13)7-12/h1,3-5,7,11,14-15H,6,8-9H2. The zero-order valence-electron chi connectivity index (χ0n) is 8.82. The average molecular weight is 284 g/mol. The number of aliphatic hydroxyl groups excluding tert-OH is 1. The van der Waals surface area contributed by atoms with Crippen LogP contribution in [0.4, 0.5) is 0 Å². The molecule has 0 bridgehead atoms. The van der Waals surface area contributed by atoms with Crippen molar-refractivity contribution in [2.75, 3.05) is 19.7 Å². The lowest BCUT2D eigenvalue weighted by Crippen LogP contribution is -2.31. The summed E-state index contributed by atoms with van der Waals surface area (Å²) >= 11 is 3.34. The first-order chi connectivity index (χ1) is 7.72. The molecule has 1 unspecified atom stereocenters. The monoisotopic (exact) mass is 283 g/mol. The van der Waals surface area contributed by atoms with Gasteiger partial charge in [-0.3, -0.25) is 0 Å². The summed E-state index contributed by atoms with van der Waals surface area (Å²) in [4.78, 5) is 0. The number of hydrogen-bond donors (Lipinski definition) is 2. The Morgan fingerprint density at radius 3 is 3.06 bits per heavy atom. The second-order valence-electron chi connectivity index (χ2n) is 3.26. The fraction of sp³-hybridized carbons (Fsp3) is 0.333. The van der Waals surface area contributed by atoms with E-state index in [1.807, 2.05) is 24.3 Å². The summed E-state index contributed by atoms with van der Waals surface area (Å²) < 4.78 is 6.36. The Labute approximate surface area is 104 Å². The molecule has 0 aliphatic rings. The molecule has 3 nitrogen and oxygen atoms in total. The molecule has 0 saturated heterocycles. The van der Waals surface area contributed by atoms with Gasteiger partial charge in [0.15, 0.2) is 0 Å². The molecule has 0 fully saturated rings. The van der Waals surface area contributed by atoms with Gasteiger partial charge >= 0.3 is 0 Å². The quantitative estimate of drug-likeness (QED) is 0.613. The van der Waals surface area contributed by atoms with Gasteiger partial charge in [0.1, 0.15) is 18.5 Å². The highest BCUT2D eigenvalue weighted by molar-refractivity contribution is 9.10. The zero-order valence-corrected chi connectivity index (χ0v) is 10.4. The summed E-state index contributed by atoms with van der Waals surface area (Å²) in [5.41, 5.74) is 0. The van der Waals surface area contributed by atoms with Gasteiger partial charge in [0.25, 0.3) is 0 Å². The van der Waals surface area contributed by atoms with Gasteiger partial charge in [0, 0.05) is 11.0 Å². The van der Waals surface area contributed by atoms with Gasteiger partial charge in [0.05, 0.1) is 6.54 Å². The van der Waals surface area contributed by atoms with Gasteiger partial charge in [-0.2, -0.15) is 0 Å². The minimum atomic E-state index is -0.563. The van der Waals surface area contributed by atoms with Gasteiger partial charge in [0.2, 0.25) is 0 Å². The first-order valence-corrected chi connectivity index (χ1v) is 5.72. The second-order valence-corrected chi connectivity index (χ2v) is 4.17. The van der Waals surface area contributed by atoms with Crippen molar-refractivity contribution in [2.45, 2.75) is 6.10 Å². The normalized spacial score (nSPS) is 11.8. The summed E-state index contributed by atoms with van der Waals surface area (Å²) in [6.45, 7) is 1.13. The first-order valence-electron chi connectivity index (χ1n) is 4.93. The molecule has 16 heavy (non-hydrogen) atoms. The van der Waals surface area contributed by atoms with E-state index in [4.69, 9.17) is 11.2 Å². The molecule has 0 aliphatic carbocycles.